The lowest BCUT2D eigenvalue weighted by molar-refractivity contribution is 0.388. The molecule has 3 aromatic rings. The highest BCUT2D eigenvalue weighted by Gasteiger charge is 2.24. The van der Waals surface area contributed by atoms with Crippen LogP contribution in [0.2, 0.25) is 0 Å². The number of aryl methyl sites for hydroxylation is 3. The van der Waals surface area contributed by atoms with Gasteiger partial charge < -0.3 is 15.1 Å². The van der Waals surface area contributed by atoms with Crippen LogP contribution in [-0.4, -0.2) is 39.4 Å². The summed E-state index contributed by atoms with van der Waals surface area (Å²) in [7, 11) is 0. The number of fused-ring (bicyclic) bond motifs is 2. The van der Waals surface area contributed by atoms with E-state index >= 15 is 0 Å². The molecule has 1 aliphatic carbocycles. The normalized spacial score (nSPS) is 20.7. The van der Waals surface area contributed by atoms with Crippen molar-refractivity contribution in [2.45, 2.75) is 64.1 Å². The van der Waals surface area contributed by atoms with Gasteiger partial charge >= 0.3 is 0 Å². The fourth-order valence-corrected chi connectivity index (χ4v) is 4.62. The highest BCUT2D eigenvalue weighted by molar-refractivity contribution is 5.80. The maximum Gasteiger partial charge on any atom is 0.191 e. The SMILES string of the molecule is Cc1nc2n(n1)CC(NC(=NCCc1ccco1)NC1CCc3ccccc3C1)CC2. The third-order valence-electron chi connectivity index (χ3n) is 6.20. The molecule has 2 aromatic heterocycles. The Bertz CT molecular complexity index is 1040. The minimum absolute atomic E-state index is 0.291. The van der Waals surface area contributed by atoms with Crippen LogP contribution in [0.1, 0.15) is 41.4 Å². The first-order chi connectivity index (χ1) is 15.2. The summed E-state index contributed by atoms with van der Waals surface area (Å²) in [6.07, 6.45) is 7.75. The number of benzene rings is 1. The molecular formula is C24H30N6O. The lowest BCUT2D eigenvalue weighted by Crippen LogP contribution is -2.51. The van der Waals surface area contributed by atoms with E-state index in [1.54, 1.807) is 6.26 Å². The van der Waals surface area contributed by atoms with Crippen molar-refractivity contribution < 1.29 is 4.42 Å². The standard InChI is InChI=1S/C24H30N6O/c1-17-26-23-11-10-21(16-30(23)29-17)28-24(25-13-12-22-7-4-14-31-22)27-20-9-8-18-5-2-3-6-19(18)15-20/h2-7,14,20-21H,8-13,15-16H2,1H3,(H2,25,27,28). The largest absolute Gasteiger partial charge is 0.469 e. The molecule has 0 saturated carbocycles. The van der Waals surface area contributed by atoms with E-state index in [0.717, 1.165) is 68.4 Å². The van der Waals surface area contributed by atoms with Crippen molar-refractivity contribution >= 4 is 5.96 Å². The quantitative estimate of drug-likeness (QED) is 0.492. The molecule has 2 N–H and O–H groups in total. The highest BCUT2D eigenvalue weighted by Crippen LogP contribution is 2.21. The molecule has 2 aliphatic rings. The van der Waals surface area contributed by atoms with E-state index in [1.807, 2.05) is 23.7 Å². The summed E-state index contributed by atoms with van der Waals surface area (Å²) >= 11 is 0. The van der Waals surface area contributed by atoms with Crippen LogP contribution in [0.15, 0.2) is 52.1 Å². The average Bonchev–Trinajstić information content (AvgIpc) is 3.42. The summed E-state index contributed by atoms with van der Waals surface area (Å²) in [5.41, 5.74) is 2.92. The molecule has 3 heterocycles. The van der Waals surface area contributed by atoms with Crippen LogP contribution in [0.25, 0.3) is 0 Å². The Balaban J connectivity index is 1.26. The zero-order chi connectivity index (χ0) is 21.0. The summed E-state index contributed by atoms with van der Waals surface area (Å²) < 4.78 is 7.50. The third-order valence-corrected chi connectivity index (χ3v) is 6.20. The number of furan rings is 1. The summed E-state index contributed by atoms with van der Waals surface area (Å²) in [4.78, 5) is 9.42. The average molecular weight is 419 g/mol. The molecule has 0 amide bonds. The fourth-order valence-electron chi connectivity index (χ4n) is 4.62. The molecule has 0 radical (unpaired) electrons. The molecule has 1 aromatic carbocycles. The molecular weight excluding hydrogens is 388 g/mol. The van der Waals surface area contributed by atoms with Gasteiger partial charge in [0.05, 0.1) is 12.8 Å². The van der Waals surface area contributed by atoms with Crippen molar-refractivity contribution in [1.82, 2.24) is 25.4 Å². The Kier molecular flexibility index (Phi) is 5.74. The van der Waals surface area contributed by atoms with Crippen molar-refractivity contribution in [1.29, 1.82) is 0 Å². The highest BCUT2D eigenvalue weighted by atomic mass is 16.3. The third kappa shape index (κ3) is 4.81. The van der Waals surface area contributed by atoms with Crippen molar-refractivity contribution in [3.63, 3.8) is 0 Å². The predicted octanol–water partition coefficient (Wildman–Crippen LogP) is 2.83. The van der Waals surface area contributed by atoms with Crippen LogP contribution >= 0.6 is 0 Å². The van der Waals surface area contributed by atoms with Gasteiger partial charge in [0.15, 0.2) is 5.96 Å². The van der Waals surface area contributed by atoms with Gasteiger partial charge in [-0.3, -0.25) is 4.99 Å². The number of hydrogen-bond donors (Lipinski definition) is 2. The molecule has 2 atom stereocenters. The van der Waals surface area contributed by atoms with Crippen molar-refractivity contribution in [3.8, 4) is 0 Å². The number of aromatic nitrogens is 3. The van der Waals surface area contributed by atoms with Crippen molar-refractivity contribution in [2.75, 3.05) is 6.54 Å². The first kappa shape index (κ1) is 19.8. The summed E-state index contributed by atoms with van der Waals surface area (Å²) in [6, 6.07) is 13.4. The van der Waals surface area contributed by atoms with Crippen LogP contribution in [0.3, 0.4) is 0 Å². The predicted molar refractivity (Wildman–Crippen MR) is 120 cm³/mol. The topological polar surface area (TPSA) is 80.3 Å². The van der Waals surface area contributed by atoms with E-state index in [-0.39, 0.29) is 0 Å². The lowest BCUT2D eigenvalue weighted by atomic mass is 9.88. The van der Waals surface area contributed by atoms with Crippen LogP contribution in [0, 0.1) is 6.92 Å². The Hall–Kier alpha value is -3.09. The van der Waals surface area contributed by atoms with Crippen molar-refractivity contribution in [2.24, 2.45) is 4.99 Å². The van der Waals surface area contributed by atoms with E-state index in [9.17, 15) is 0 Å². The van der Waals surface area contributed by atoms with Crippen LogP contribution < -0.4 is 10.6 Å². The monoisotopic (exact) mass is 418 g/mol. The van der Waals surface area contributed by atoms with Crippen molar-refractivity contribution in [3.05, 3.63) is 71.2 Å². The van der Waals surface area contributed by atoms with E-state index in [0.29, 0.717) is 18.6 Å². The molecule has 0 bridgehead atoms. The van der Waals surface area contributed by atoms with Crippen LogP contribution in [0.5, 0.6) is 0 Å². The molecule has 0 saturated heterocycles. The lowest BCUT2D eigenvalue weighted by Gasteiger charge is -2.30. The molecule has 1 aliphatic heterocycles. The number of hydrogen-bond acceptors (Lipinski definition) is 4. The van der Waals surface area contributed by atoms with Gasteiger partial charge in [-0.15, -0.1) is 0 Å². The van der Waals surface area contributed by atoms with Gasteiger partial charge in [-0.2, -0.15) is 5.10 Å². The summed E-state index contributed by atoms with van der Waals surface area (Å²) in [6.45, 7) is 3.47. The molecule has 0 spiro atoms. The Morgan fingerprint density at radius 3 is 2.81 bits per heavy atom. The number of guanidine groups is 1. The van der Waals surface area contributed by atoms with Gasteiger partial charge in [0.25, 0.3) is 0 Å². The summed E-state index contributed by atoms with van der Waals surface area (Å²) in [5.74, 6) is 3.79. The zero-order valence-electron chi connectivity index (χ0n) is 18.1. The Morgan fingerprint density at radius 2 is 1.94 bits per heavy atom. The molecule has 2 unspecified atom stereocenters. The smallest absolute Gasteiger partial charge is 0.191 e. The van der Waals surface area contributed by atoms with Crippen LogP contribution in [0.4, 0.5) is 0 Å². The maximum absolute atomic E-state index is 5.47. The van der Waals surface area contributed by atoms with E-state index in [4.69, 9.17) is 9.41 Å². The van der Waals surface area contributed by atoms with Gasteiger partial charge in [0.2, 0.25) is 0 Å². The minimum atomic E-state index is 0.291. The van der Waals surface area contributed by atoms with E-state index < -0.39 is 0 Å². The molecule has 5 rings (SSSR count). The van der Waals surface area contributed by atoms with Gasteiger partial charge in [-0.25, -0.2) is 9.67 Å². The Morgan fingerprint density at radius 1 is 1.10 bits per heavy atom. The Labute approximate surface area is 183 Å². The number of rotatable bonds is 5. The van der Waals surface area contributed by atoms with E-state index in [1.165, 1.54) is 11.1 Å². The number of nitrogens with one attached hydrogen (secondary N) is 2. The van der Waals surface area contributed by atoms with E-state index in [2.05, 4.69) is 45.0 Å². The van der Waals surface area contributed by atoms with Crippen LogP contribution in [-0.2, 0) is 32.2 Å². The van der Waals surface area contributed by atoms with Gasteiger partial charge in [0, 0.05) is 31.5 Å². The number of nitrogens with zero attached hydrogens (tertiary/aromatic N) is 4. The van der Waals surface area contributed by atoms with Gasteiger partial charge in [-0.05, 0) is 55.9 Å². The van der Waals surface area contributed by atoms with Gasteiger partial charge in [-0.1, -0.05) is 24.3 Å². The second kappa shape index (κ2) is 8.96. The van der Waals surface area contributed by atoms with Gasteiger partial charge in [0.1, 0.15) is 17.4 Å². The first-order valence-corrected chi connectivity index (χ1v) is 11.3. The molecule has 7 nitrogen and oxygen atoms in total. The zero-order valence-corrected chi connectivity index (χ0v) is 18.1. The first-order valence-electron chi connectivity index (χ1n) is 11.3. The number of aliphatic imine (C=N–C) groups is 1. The molecule has 31 heavy (non-hydrogen) atoms. The summed E-state index contributed by atoms with van der Waals surface area (Å²) in [5, 5.41) is 11.9. The molecule has 162 valence electrons. The second-order valence-corrected chi connectivity index (χ2v) is 8.55. The fraction of sp³-hybridized carbons (Fsp3) is 0.458. The molecule has 0 fully saturated rings. The molecule has 7 heteroatoms. The maximum atomic E-state index is 5.47. The second-order valence-electron chi connectivity index (χ2n) is 8.55. The minimum Gasteiger partial charge on any atom is -0.469 e.